The molecule has 38 heavy (non-hydrogen) atoms. The number of carbonyl (C=O) groups excluding carboxylic acids is 3. The molecule has 2 atom stereocenters. The molecule has 194 valence electrons. The lowest BCUT2D eigenvalue weighted by atomic mass is 9.72. The summed E-state index contributed by atoms with van der Waals surface area (Å²) in [4.78, 5) is 38.5. The zero-order chi connectivity index (χ0) is 27.0. The highest BCUT2D eigenvalue weighted by Crippen LogP contribution is 2.54. The average molecular weight is 514 g/mol. The summed E-state index contributed by atoms with van der Waals surface area (Å²) in [6.45, 7) is 2.60. The summed E-state index contributed by atoms with van der Waals surface area (Å²) in [6, 6.07) is 11.9. The van der Waals surface area contributed by atoms with Gasteiger partial charge in [0.25, 0.3) is 0 Å². The molecular formula is C26H27N9O3. The lowest BCUT2D eigenvalue weighted by molar-refractivity contribution is -0.130. The Morgan fingerprint density at radius 2 is 1.79 bits per heavy atom. The van der Waals surface area contributed by atoms with Crippen molar-refractivity contribution in [3.8, 4) is 17.2 Å². The number of nitriles is 1. The fourth-order valence-electron chi connectivity index (χ4n) is 5.72. The first-order chi connectivity index (χ1) is 18.3. The Balaban J connectivity index is 1.55. The molecule has 3 aromatic rings. The van der Waals surface area contributed by atoms with Crippen LogP contribution in [0.25, 0.3) is 11.1 Å². The topological polar surface area (TPSA) is 197 Å². The monoisotopic (exact) mass is 513 g/mol. The van der Waals surface area contributed by atoms with E-state index in [1.807, 2.05) is 19.1 Å². The van der Waals surface area contributed by atoms with E-state index in [0.717, 1.165) is 17.5 Å². The van der Waals surface area contributed by atoms with Crippen LogP contribution in [0.1, 0.15) is 63.9 Å². The van der Waals surface area contributed by atoms with Gasteiger partial charge in [-0.15, -0.1) is 10.2 Å². The fourth-order valence-corrected chi connectivity index (χ4v) is 5.72. The molecule has 2 aliphatic rings. The van der Waals surface area contributed by atoms with Crippen LogP contribution in [0, 0.1) is 11.3 Å². The molecule has 3 amide bonds. The lowest BCUT2D eigenvalue weighted by Crippen LogP contribution is -2.45. The second-order valence-corrected chi connectivity index (χ2v) is 9.75. The third-order valence-corrected chi connectivity index (χ3v) is 7.48. The molecule has 1 aliphatic heterocycles. The second-order valence-electron chi connectivity index (χ2n) is 9.75. The highest BCUT2D eigenvalue weighted by atomic mass is 16.2. The summed E-state index contributed by atoms with van der Waals surface area (Å²) >= 11 is 0. The molecule has 1 aromatic heterocycles. The molecule has 0 bridgehead atoms. The van der Waals surface area contributed by atoms with E-state index in [2.05, 4.69) is 32.0 Å². The minimum absolute atomic E-state index is 0.0720. The van der Waals surface area contributed by atoms with Crippen molar-refractivity contribution in [2.45, 2.75) is 43.7 Å². The molecule has 0 spiro atoms. The van der Waals surface area contributed by atoms with E-state index >= 15 is 0 Å². The second kappa shape index (κ2) is 9.68. The van der Waals surface area contributed by atoms with E-state index < -0.39 is 23.3 Å². The summed E-state index contributed by atoms with van der Waals surface area (Å²) in [5, 5.41) is 27.7. The Hall–Kier alpha value is -4.63. The van der Waals surface area contributed by atoms with Crippen LogP contribution in [-0.2, 0) is 10.2 Å². The number of likely N-dealkylation sites (tertiary alicyclic amines) is 1. The standard InChI is InChI=1S/C26H27N9O3/c1-14(30-13-22(36)35-8-2-3-17(35)12-27)11-26(25-31-33-34-32-25)20-6-4-15(23(28)37)9-18(20)19-10-16(24(29)38)5-7-21(19)26/h4-7,9-10,14,17,30H,2-3,8,11,13H2,1H3,(H2,28,37)(H2,29,38)(H,31,32,33,34)/t14-,17?/m0/s1. The molecule has 1 unspecified atom stereocenters. The third-order valence-electron chi connectivity index (χ3n) is 7.48. The van der Waals surface area contributed by atoms with Gasteiger partial charge in [0.05, 0.1) is 18.0 Å². The van der Waals surface area contributed by atoms with Crippen LogP contribution < -0.4 is 16.8 Å². The summed E-state index contributed by atoms with van der Waals surface area (Å²) in [5.41, 5.74) is 13.9. The van der Waals surface area contributed by atoms with Gasteiger partial charge in [0.1, 0.15) is 6.04 Å². The molecule has 6 N–H and O–H groups in total. The summed E-state index contributed by atoms with van der Waals surface area (Å²) in [7, 11) is 0. The molecule has 2 heterocycles. The number of nitrogens with one attached hydrogen (secondary N) is 2. The van der Waals surface area contributed by atoms with E-state index in [4.69, 9.17) is 11.5 Å². The Labute approximate surface area is 218 Å². The molecule has 5 rings (SSSR count). The van der Waals surface area contributed by atoms with Crippen molar-refractivity contribution in [2.75, 3.05) is 13.1 Å². The number of fused-ring (bicyclic) bond motifs is 3. The maximum Gasteiger partial charge on any atom is 0.248 e. The molecule has 1 saturated heterocycles. The van der Waals surface area contributed by atoms with E-state index in [-0.39, 0.29) is 18.5 Å². The first kappa shape index (κ1) is 25.0. The lowest BCUT2D eigenvalue weighted by Gasteiger charge is -2.32. The number of rotatable bonds is 8. The van der Waals surface area contributed by atoms with E-state index in [9.17, 15) is 19.6 Å². The first-order valence-corrected chi connectivity index (χ1v) is 12.3. The number of aromatic amines is 1. The summed E-state index contributed by atoms with van der Waals surface area (Å²) in [6.07, 6.45) is 1.93. The third kappa shape index (κ3) is 4.06. The maximum atomic E-state index is 12.8. The molecule has 1 aliphatic carbocycles. The number of aromatic nitrogens is 4. The highest BCUT2D eigenvalue weighted by Gasteiger charge is 2.49. The van der Waals surface area contributed by atoms with Gasteiger partial charge in [-0.1, -0.05) is 17.3 Å². The van der Waals surface area contributed by atoms with Gasteiger partial charge in [0.2, 0.25) is 17.7 Å². The van der Waals surface area contributed by atoms with Crippen LogP contribution in [0.4, 0.5) is 0 Å². The zero-order valence-electron chi connectivity index (χ0n) is 20.8. The number of benzene rings is 2. The number of hydrogen-bond acceptors (Lipinski definition) is 8. The number of hydrogen-bond donors (Lipinski definition) is 4. The van der Waals surface area contributed by atoms with Gasteiger partial charge in [0.15, 0.2) is 5.82 Å². The molecule has 0 radical (unpaired) electrons. The zero-order valence-corrected chi connectivity index (χ0v) is 20.8. The average Bonchev–Trinajstić information content (AvgIpc) is 3.66. The van der Waals surface area contributed by atoms with Gasteiger partial charge >= 0.3 is 0 Å². The molecular weight excluding hydrogens is 486 g/mol. The van der Waals surface area contributed by atoms with Gasteiger partial charge in [0, 0.05) is 23.7 Å². The van der Waals surface area contributed by atoms with Crippen molar-refractivity contribution in [2.24, 2.45) is 11.5 Å². The normalized spacial score (nSPS) is 17.9. The maximum absolute atomic E-state index is 12.8. The van der Waals surface area contributed by atoms with Gasteiger partial charge in [-0.3, -0.25) is 14.4 Å². The van der Waals surface area contributed by atoms with E-state index in [1.165, 1.54) is 0 Å². The van der Waals surface area contributed by atoms with Gasteiger partial charge in [-0.2, -0.15) is 10.5 Å². The van der Waals surface area contributed by atoms with Gasteiger partial charge in [-0.05, 0) is 72.7 Å². The number of primary amides is 2. The summed E-state index contributed by atoms with van der Waals surface area (Å²) in [5.74, 6) is -0.883. The quantitative estimate of drug-likeness (QED) is 0.335. The number of nitrogens with zero attached hydrogens (tertiary/aromatic N) is 5. The van der Waals surface area contributed by atoms with Gasteiger partial charge < -0.3 is 21.7 Å². The van der Waals surface area contributed by atoms with Crippen LogP contribution >= 0.6 is 0 Å². The molecule has 1 fully saturated rings. The molecule has 12 nitrogen and oxygen atoms in total. The van der Waals surface area contributed by atoms with Crippen molar-refractivity contribution in [1.82, 2.24) is 30.8 Å². The highest BCUT2D eigenvalue weighted by molar-refractivity contribution is 5.98. The minimum atomic E-state index is -0.914. The molecule has 2 aromatic carbocycles. The smallest absolute Gasteiger partial charge is 0.248 e. The fraction of sp³-hybridized carbons (Fsp3) is 0.346. The van der Waals surface area contributed by atoms with Crippen molar-refractivity contribution in [3.05, 3.63) is 64.5 Å². The van der Waals surface area contributed by atoms with Crippen molar-refractivity contribution in [3.63, 3.8) is 0 Å². The van der Waals surface area contributed by atoms with Crippen LogP contribution in [0.3, 0.4) is 0 Å². The Morgan fingerprint density at radius 1 is 1.16 bits per heavy atom. The predicted octanol–water partition coefficient (Wildman–Crippen LogP) is 0.595. The summed E-state index contributed by atoms with van der Waals surface area (Å²) < 4.78 is 0. The number of nitrogens with two attached hydrogens (primary N) is 2. The SMILES string of the molecule is C[C@@H](CC1(c2nn[nH]n2)c2ccc(C(N)=O)cc2-c2cc(C(N)=O)ccc21)NCC(=O)N1CCCC1C#N. The first-order valence-electron chi connectivity index (χ1n) is 12.3. The largest absolute Gasteiger partial charge is 0.366 e. The number of carbonyl (C=O) groups is 3. The molecule has 12 heteroatoms. The number of amides is 3. The van der Waals surface area contributed by atoms with Crippen molar-refractivity contribution >= 4 is 17.7 Å². The van der Waals surface area contributed by atoms with Crippen LogP contribution in [-0.4, -0.2) is 68.4 Å². The van der Waals surface area contributed by atoms with Crippen LogP contribution in [0.5, 0.6) is 0 Å². The van der Waals surface area contributed by atoms with Crippen molar-refractivity contribution in [1.29, 1.82) is 5.26 Å². The minimum Gasteiger partial charge on any atom is -0.366 e. The number of H-pyrrole nitrogens is 1. The Bertz CT molecular complexity index is 1400. The Kier molecular flexibility index (Phi) is 6.38. The van der Waals surface area contributed by atoms with Crippen LogP contribution in [0.15, 0.2) is 36.4 Å². The van der Waals surface area contributed by atoms with E-state index in [1.54, 1.807) is 29.2 Å². The van der Waals surface area contributed by atoms with Gasteiger partial charge in [-0.25, -0.2) is 0 Å². The Morgan fingerprint density at radius 3 is 2.32 bits per heavy atom. The number of tetrazole rings is 1. The van der Waals surface area contributed by atoms with E-state index in [0.29, 0.717) is 47.5 Å². The van der Waals surface area contributed by atoms with Crippen LogP contribution in [0.2, 0.25) is 0 Å². The molecule has 0 saturated carbocycles. The van der Waals surface area contributed by atoms with Crippen molar-refractivity contribution < 1.29 is 14.4 Å². The predicted molar refractivity (Wildman–Crippen MR) is 135 cm³/mol.